The van der Waals surface area contributed by atoms with E-state index in [0.29, 0.717) is 12.1 Å². The molecule has 0 spiro atoms. The molecule has 0 aromatic heterocycles. The number of amides is 1. The van der Waals surface area contributed by atoms with Crippen molar-refractivity contribution >= 4 is 5.91 Å². The van der Waals surface area contributed by atoms with Gasteiger partial charge in [0, 0.05) is 18.1 Å². The van der Waals surface area contributed by atoms with Crippen LogP contribution in [-0.4, -0.2) is 30.1 Å². The van der Waals surface area contributed by atoms with Gasteiger partial charge in [0.2, 0.25) is 5.91 Å². The van der Waals surface area contributed by atoms with Gasteiger partial charge in [0.15, 0.2) is 0 Å². The van der Waals surface area contributed by atoms with Crippen LogP contribution in [-0.2, 0) is 4.79 Å². The molecule has 0 aromatic carbocycles. The van der Waals surface area contributed by atoms with Gasteiger partial charge in [-0.2, -0.15) is 0 Å². The maximum atomic E-state index is 11.5. The number of carbonyl (C=O) groups is 1. The Morgan fingerprint density at radius 3 is 2.36 bits per heavy atom. The van der Waals surface area contributed by atoms with Crippen LogP contribution < -0.4 is 16.4 Å². The second-order valence-corrected chi connectivity index (χ2v) is 4.48. The van der Waals surface area contributed by atoms with Gasteiger partial charge in [-0.05, 0) is 33.6 Å². The van der Waals surface area contributed by atoms with Gasteiger partial charge in [-0.3, -0.25) is 4.79 Å². The molecule has 1 rings (SSSR count). The Hall–Kier alpha value is -0.610. The van der Waals surface area contributed by atoms with Crippen molar-refractivity contribution in [3.8, 4) is 0 Å². The summed E-state index contributed by atoms with van der Waals surface area (Å²) in [6.07, 6.45) is 1.97. The smallest absolute Gasteiger partial charge is 0.237 e. The summed E-state index contributed by atoms with van der Waals surface area (Å²) in [6, 6.07) is 0.844. The summed E-state index contributed by atoms with van der Waals surface area (Å²) in [6.45, 7) is 5.81. The lowest BCUT2D eigenvalue weighted by Gasteiger charge is -2.35. The minimum absolute atomic E-state index is 0.0699. The number of hydrogen-bond donors (Lipinski definition) is 3. The summed E-state index contributed by atoms with van der Waals surface area (Å²) < 4.78 is 0. The Kier molecular flexibility index (Phi) is 3.89. The normalized spacial score (nSPS) is 28.4. The maximum Gasteiger partial charge on any atom is 0.237 e. The van der Waals surface area contributed by atoms with Crippen molar-refractivity contribution in [2.24, 2.45) is 5.73 Å². The molecule has 1 unspecified atom stereocenters. The molecule has 1 aliphatic carbocycles. The largest absolute Gasteiger partial charge is 0.353 e. The zero-order valence-corrected chi connectivity index (χ0v) is 9.21. The molecule has 0 bridgehead atoms. The molecule has 1 aliphatic rings. The lowest BCUT2D eigenvalue weighted by molar-refractivity contribution is -0.123. The van der Waals surface area contributed by atoms with Crippen LogP contribution in [0.15, 0.2) is 0 Å². The molecule has 1 saturated carbocycles. The molecule has 0 aliphatic heterocycles. The minimum Gasteiger partial charge on any atom is -0.353 e. The highest BCUT2D eigenvalue weighted by molar-refractivity contribution is 5.81. The lowest BCUT2D eigenvalue weighted by atomic mass is 9.87. The minimum atomic E-state index is -0.116. The first-order chi connectivity index (χ1) is 6.49. The van der Waals surface area contributed by atoms with Gasteiger partial charge in [0.25, 0.3) is 0 Å². The van der Waals surface area contributed by atoms with Crippen LogP contribution in [0.3, 0.4) is 0 Å². The number of nitrogens with one attached hydrogen (secondary N) is 2. The quantitative estimate of drug-likeness (QED) is 0.596. The van der Waals surface area contributed by atoms with Crippen molar-refractivity contribution in [1.29, 1.82) is 0 Å². The van der Waals surface area contributed by atoms with Gasteiger partial charge in [-0.1, -0.05) is 0 Å². The summed E-state index contributed by atoms with van der Waals surface area (Å²) in [5.74, 6) is 0.0699. The third-order valence-electron chi connectivity index (χ3n) is 2.48. The van der Waals surface area contributed by atoms with E-state index in [1.807, 2.05) is 20.8 Å². The molecule has 82 valence electrons. The van der Waals surface area contributed by atoms with E-state index in [9.17, 15) is 4.79 Å². The highest BCUT2D eigenvalue weighted by Crippen LogP contribution is 2.17. The Bertz CT molecular complexity index is 200. The zero-order chi connectivity index (χ0) is 10.7. The van der Waals surface area contributed by atoms with Crippen molar-refractivity contribution in [3.05, 3.63) is 0 Å². The van der Waals surface area contributed by atoms with Crippen molar-refractivity contribution in [2.75, 3.05) is 0 Å². The molecule has 0 radical (unpaired) electrons. The SMILES string of the molecule is CC(C)NC(=O)C(C)NC1CC(N)C1. The molecule has 0 saturated heterocycles. The van der Waals surface area contributed by atoms with Gasteiger partial charge in [-0.25, -0.2) is 0 Å². The van der Waals surface area contributed by atoms with Crippen LogP contribution in [0.4, 0.5) is 0 Å². The van der Waals surface area contributed by atoms with E-state index >= 15 is 0 Å². The van der Waals surface area contributed by atoms with Crippen molar-refractivity contribution in [2.45, 2.75) is 57.8 Å². The van der Waals surface area contributed by atoms with Crippen LogP contribution in [0.2, 0.25) is 0 Å². The third kappa shape index (κ3) is 3.27. The highest BCUT2D eigenvalue weighted by Gasteiger charge is 2.28. The predicted molar refractivity (Wildman–Crippen MR) is 56.9 cm³/mol. The molecular formula is C10H21N3O. The van der Waals surface area contributed by atoms with Gasteiger partial charge >= 0.3 is 0 Å². The second-order valence-electron chi connectivity index (χ2n) is 4.48. The van der Waals surface area contributed by atoms with Gasteiger partial charge in [0.1, 0.15) is 0 Å². The average Bonchev–Trinajstić information content (AvgIpc) is 2.00. The summed E-state index contributed by atoms with van der Waals surface area (Å²) >= 11 is 0. The van der Waals surface area contributed by atoms with Crippen LogP contribution >= 0.6 is 0 Å². The van der Waals surface area contributed by atoms with E-state index in [0.717, 1.165) is 12.8 Å². The fourth-order valence-corrected chi connectivity index (χ4v) is 1.64. The Morgan fingerprint density at radius 1 is 1.36 bits per heavy atom. The summed E-state index contributed by atoms with van der Waals surface area (Å²) in [4.78, 5) is 11.5. The Labute approximate surface area is 85.6 Å². The molecule has 4 N–H and O–H groups in total. The van der Waals surface area contributed by atoms with Crippen molar-refractivity contribution in [1.82, 2.24) is 10.6 Å². The standard InChI is InChI=1S/C10H21N3O/c1-6(2)12-10(14)7(3)13-9-4-8(11)5-9/h6-9,13H,4-5,11H2,1-3H3,(H,12,14). The molecule has 1 fully saturated rings. The summed E-state index contributed by atoms with van der Waals surface area (Å²) in [5, 5.41) is 6.13. The second kappa shape index (κ2) is 4.75. The average molecular weight is 199 g/mol. The number of rotatable bonds is 4. The summed E-state index contributed by atoms with van der Waals surface area (Å²) in [5.41, 5.74) is 5.66. The highest BCUT2D eigenvalue weighted by atomic mass is 16.2. The van der Waals surface area contributed by atoms with Gasteiger partial charge in [-0.15, -0.1) is 0 Å². The topological polar surface area (TPSA) is 67.2 Å². The van der Waals surface area contributed by atoms with E-state index in [1.165, 1.54) is 0 Å². The van der Waals surface area contributed by atoms with Crippen LogP contribution in [0.25, 0.3) is 0 Å². The van der Waals surface area contributed by atoms with E-state index in [-0.39, 0.29) is 18.0 Å². The first-order valence-corrected chi connectivity index (χ1v) is 5.31. The monoisotopic (exact) mass is 199 g/mol. The molecule has 1 atom stereocenters. The number of hydrogen-bond acceptors (Lipinski definition) is 3. The van der Waals surface area contributed by atoms with E-state index < -0.39 is 0 Å². The zero-order valence-electron chi connectivity index (χ0n) is 9.21. The van der Waals surface area contributed by atoms with E-state index in [2.05, 4.69) is 10.6 Å². The molecule has 1 amide bonds. The predicted octanol–water partition coefficient (Wildman–Crippen LogP) is -0.0212. The lowest BCUT2D eigenvalue weighted by Crippen LogP contribution is -2.55. The molecule has 14 heavy (non-hydrogen) atoms. The molecule has 4 heteroatoms. The maximum absolute atomic E-state index is 11.5. The van der Waals surface area contributed by atoms with Gasteiger partial charge < -0.3 is 16.4 Å². The number of nitrogens with two attached hydrogens (primary N) is 1. The summed E-state index contributed by atoms with van der Waals surface area (Å²) in [7, 11) is 0. The van der Waals surface area contributed by atoms with Crippen molar-refractivity contribution in [3.63, 3.8) is 0 Å². The third-order valence-corrected chi connectivity index (χ3v) is 2.48. The molecule has 0 aromatic rings. The van der Waals surface area contributed by atoms with Crippen LogP contribution in [0.1, 0.15) is 33.6 Å². The van der Waals surface area contributed by atoms with Crippen LogP contribution in [0.5, 0.6) is 0 Å². The molecule has 4 nitrogen and oxygen atoms in total. The Balaban J connectivity index is 2.20. The van der Waals surface area contributed by atoms with E-state index in [1.54, 1.807) is 0 Å². The van der Waals surface area contributed by atoms with Crippen LogP contribution in [0, 0.1) is 0 Å². The molecule has 0 heterocycles. The van der Waals surface area contributed by atoms with Gasteiger partial charge in [0.05, 0.1) is 6.04 Å². The fourth-order valence-electron chi connectivity index (χ4n) is 1.64. The van der Waals surface area contributed by atoms with E-state index in [4.69, 9.17) is 5.73 Å². The number of carbonyl (C=O) groups excluding carboxylic acids is 1. The Morgan fingerprint density at radius 2 is 1.93 bits per heavy atom. The first-order valence-electron chi connectivity index (χ1n) is 5.31. The first kappa shape index (κ1) is 11.5. The fraction of sp³-hybridized carbons (Fsp3) is 0.900. The van der Waals surface area contributed by atoms with Crippen molar-refractivity contribution < 1.29 is 4.79 Å². The molecular weight excluding hydrogens is 178 g/mol.